The third-order valence-electron chi connectivity index (χ3n) is 4.45. The zero-order chi connectivity index (χ0) is 17.6. The molecule has 1 aliphatic rings. The molecule has 0 radical (unpaired) electrons. The average molecular weight is 470 g/mol. The molecule has 7 nitrogen and oxygen atoms in total. The van der Waals surface area contributed by atoms with Crippen LogP contribution in [0.3, 0.4) is 0 Å². The molecule has 1 aliphatic heterocycles. The summed E-state index contributed by atoms with van der Waals surface area (Å²) in [5.74, 6) is 3.75. The number of aryl methyl sites for hydroxylation is 2. The first-order chi connectivity index (χ1) is 12.2. The predicted molar refractivity (Wildman–Crippen MR) is 113 cm³/mol. The maximum atomic E-state index is 5.43. The Bertz CT molecular complexity index is 758. The monoisotopic (exact) mass is 470 g/mol. The summed E-state index contributed by atoms with van der Waals surface area (Å²) < 4.78 is 7.62. The normalized spacial score (nSPS) is 13.1. The van der Waals surface area contributed by atoms with E-state index in [0.717, 1.165) is 55.7 Å². The van der Waals surface area contributed by atoms with E-state index in [2.05, 4.69) is 49.4 Å². The number of guanidine groups is 1. The van der Waals surface area contributed by atoms with Crippen LogP contribution in [0, 0.1) is 6.92 Å². The van der Waals surface area contributed by atoms with E-state index in [1.165, 1.54) is 11.1 Å². The fourth-order valence-corrected chi connectivity index (χ4v) is 3.14. The van der Waals surface area contributed by atoms with Gasteiger partial charge in [-0.05, 0) is 31.4 Å². The Hall–Kier alpha value is -1.84. The van der Waals surface area contributed by atoms with Gasteiger partial charge in [0.25, 0.3) is 0 Å². The zero-order valence-corrected chi connectivity index (χ0v) is 17.9. The van der Waals surface area contributed by atoms with Crippen molar-refractivity contribution < 1.29 is 4.74 Å². The van der Waals surface area contributed by atoms with Crippen molar-refractivity contribution in [1.29, 1.82) is 0 Å². The minimum absolute atomic E-state index is 0. The topological polar surface area (TPSA) is 76.4 Å². The van der Waals surface area contributed by atoms with Gasteiger partial charge in [-0.1, -0.05) is 17.7 Å². The Morgan fingerprint density at radius 3 is 2.92 bits per heavy atom. The molecule has 0 saturated carbocycles. The molecule has 1 aromatic carbocycles. The van der Waals surface area contributed by atoms with Gasteiger partial charge in [-0.2, -0.15) is 0 Å². The zero-order valence-electron chi connectivity index (χ0n) is 15.6. The first kappa shape index (κ1) is 20.5. The Balaban J connectivity index is 0.00000243. The molecule has 2 aromatic rings. The third kappa shape index (κ3) is 4.87. The number of hydrogen-bond donors (Lipinski definition) is 2. The summed E-state index contributed by atoms with van der Waals surface area (Å²) in [5, 5.41) is 15.1. The van der Waals surface area contributed by atoms with Crippen LogP contribution in [0.4, 0.5) is 0 Å². The van der Waals surface area contributed by atoms with Crippen molar-refractivity contribution in [3.8, 4) is 5.75 Å². The van der Waals surface area contributed by atoms with Crippen LogP contribution in [0.15, 0.2) is 23.2 Å². The molecule has 0 fully saturated rings. The third-order valence-corrected chi connectivity index (χ3v) is 4.45. The van der Waals surface area contributed by atoms with Gasteiger partial charge in [-0.3, -0.25) is 4.99 Å². The van der Waals surface area contributed by atoms with Crippen molar-refractivity contribution in [1.82, 2.24) is 25.4 Å². The lowest BCUT2D eigenvalue weighted by Crippen LogP contribution is -2.38. The van der Waals surface area contributed by atoms with E-state index in [1.807, 2.05) is 6.07 Å². The number of aliphatic imine (C=N–C) groups is 1. The van der Waals surface area contributed by atoms with E-state index in [9.17, 15) is 0 Å². The second-order valence-corrected chi connectivity index (χ2v) is 6.21. The van der Waals surface area contributed by atoms with Gasteiger partial charge in [0, 0.05) is 26.6 Å². The standard InChI is InChI=1S/C18H26N6O.HI/c1-13-6-7-15(25-3)14(11-13)8-9-20-18(19-2)21-12-17-23-22-16-5-4-10-24(16)17;/h6-7,11H,4-5,8-10,12H2,1-3H3,(H2,19,20,21);1H. The molecule has 2 heterocycles. The average Bonchev–Trinajstić information content (AvgIpc) is 3.22. The number of benzene rings is 1. The Morgan fingerprint density at radius 2 is 2.15 bits per heavy atom. The van der Waals surface area contributed by atoms with Crippen molar-refractivity contribution in [3.63, 3.8) is 0 Å². The lowest BCUT2D eigenvalue weighted by atomic mass is 10.1. The first-order valence-electron chi connectivity index (χ1n) is 8.70. The smallest absolute Gasteiger partial charge is 0.191 e. The fourth-order valence-electron chi connectivity index (χ4n) is 3.14. The second kappa shape index (κ2) is 9.75. The SMILES string of the molecule is CN=C(NCCc1cc(C)ccc1OC)NCc1nnc2n1CCC2.I. The molecule has 0 unspecified atom stereocenters. The van der Waals surface area contributed by atoms with Crippen LogP contribution in [0.2, 0.25) is 0 Å². The molecule has 142 valence electrons. The van der Waals surface area contributed by atoms with E-state index < -0.39 is 0 Å². The van der Waals surface area contributed by atoms with Crippen LogP contribution in [-0.2, 0) is 25.9 Å². The molecule has 0 saturated heterocycles. The Labute approximate surface area is 171 Å². The largest absolute Gasteiger partial charge is 0.496 e. The van der Waals surface area contributed by atoms with E-state index in [4.69, 9.17) is 4.74 Å². The predicted octanol–water partition coefficient (Wildman–Crippen LogP) is 2.07. The number of fused-ring (bicyclic) bond motifs is 1. The van der Waals surface area contributed by atoms with Crippen molar-refractivity contribution in [2.45, 2.75) is 39.3 Å². The number of hydrogen-bond acceptors (Lipinski definition) is 4. The number of nitrogens with one attached hydrogen (secondary N) is 2. The van der Waals surface area contributed by atoms with Crippen molar-refractivity contribution >= 4 is 29.9 Å². The lowest BCUT2D eigenvalue weighted by Gasteiger charge is -2.13. The molecule has 8 heteroatoms. The van der Waals surface area contributed by atoms with Crippen LogP contribution in [0.1, 0.15) is 29.2 Å². The van der Waals surface area contributed by atoms with Gasteiger partial charge >= 0.3 is 0 Å². The summed E-state index contributed by atoms with van der Waals surface area (Å²) in [6.07, 6.45) is 3.05. The summed E-state index contributed by atoms with van der Waals surface area (Å²) >= 11 is 0. The molecule has 26 heavy (non-hydrogen) atoms. The highest BCUT2D eigenvalue weighted by Crippen LogP contribution is 2.19. The van der Waals surface area contributed by atoms with Crippen molar-refractivity contribution in [2.24, 2.45) is 4.99 Å². The van der Waals surface area contributed by atoms with E-state index in [-0.39, 0.29) is 24.0 Å². The summed E-state index contributed by atoms with van der Waals surface area (Å²) in [6, 6.07) is 6.24. The van der Waals surface area contributed by atoms with Crippen molar-refractivity contribution in [3.05, 3.63) is 41.0 Å². The van der Waals surface area contributed by atoms with Gasteiger partial charge in [0.15, 0.2) is 11.8 Å². The first-order valence-corrected chi connectivity index (χ1v) is 8.70. The highest BCUT2D eigenvalue weighted by Gasteiger charge is 2.17. The number of halogens is 1. The minimum Gasteiger partial charge on any atom is -0.496 e. The molecule has 0 spiro atoms. The summed E-state index contributed by atoms with van der Waals surface area (Å²) in [7, 11) is 3.48. The molecule has 0 aliphatic carbocycles. The molecular weight excluding hydrogens is 443 g/mol. The molecule has 3 rings (SSSR count). The maximum absolute atomic E-state index is 5.43. The maximum Gasteiger partial charge on any atom is 0.191 e. The van der Waals surface area contributed by atoms with Crippen LogP contribution in [-0.4, -0.2) is 41.4 Å². The molecule has 0 atom stereocenters. The highest BCUT2D eigenvalue weighted by molar-refractivity contribution is 14.0. The van der Waals surface area contributed by atoms with Gasteiger partial charge in [0.1, 0.15) is 11.6 Å². The highest BCUT2D eigenvalue weighted by atomic mass is 127. The van der Waals surface area contributed by atoms with Gasteiger partial charge < -0.3 is 19.9 Å². The number of rotatable bonds is 6. The number of nitrogens with zero attached hydrogens (tertiary/aromatic N) is 4. The summed E-state index contributed by atoms with van der Waals surface area (Å²) in [4.78, 5) is 4.28. The lowest BCUT2D eigenvalue weighted by molar-refractivity contribution is 0.409. The van der Waals surface area contributed by atoms with Crippen LogP contribution >= 0.6 is 24.0 Å². The molecule has 0 bridgehead atoms. The minimum atomic E-state index is 0. The van der Waals surface area contributed by atoms with E-state index in [0.29, 0.717) is 6.54 Å². The van der Waals surface area contributed by atoms with Crippen molar-refractivity contribution in [2.75, 3.05) is 20.7 Å². The summed E-state index contributed by atoms with van der Waals surface area (Å²) in [6.45, 7) is 4.50. The summed E-state index contributed by atoms with van der Waals surface area (Å²) in [5.41, 5.74) is 2.43. The second-order valence-electron chi connectivity index (χ2n) is 6.21. The number of methoxy groups -OCH3 is 1. The fraction of sp³-hybridized carbons (Fsp3) is 0.500. The van der Waals surface area contributed by atoms with E-state index >= 15 is 0 Å². The molecule has 2 N–H and O–H groups in total. The molecule has 1 aromatic heterocycles. The quantitative estimate of drug-likeness (QED) is 0.384. The molecule has 0 amide bonds. The van der Waals surface area contributed by atoms with Gasteiger partial charge in [-0.15, -0.1) is 34.2 Å². The van der Waals surface area contributed by atoms with Crippen LogP contribution in [0.25, 0.3) is 0 Å². The Kier molecular flexibility index (Phi) is 7.67. The number of ether oxygens (including phenoxy) is 1. The number of aromatic nitrogens is 3. The molecular formula is C18H27IN6O. The van der Waals surface area contributed by atoms with Crippen LogP contribution in [0.5, 0.6) is 5.75 Å². The van der Waals surface area contributed by atoms with Gasteiger partial charge in [0.2, 0.25) is 0 Å². The Morgan fingerprint density at radius 1 is 1.31 bits per heavy atom. The van der Waals surface area contributed by atoms with Gasteiger partial charge in [0.05, 0.1) is 13.7 Å². The van der Waals surface area contributed by atoms with Crippen LogP contribution < -0.4 is 15.4 Å². The van der Waals surface area contributed by atoms with E-state index in [1.54, 1.807) is 14.2 Å². The van der Waals surface area contributed by atoms with Gasteiger partial charge in [-0.25, -0.2) is 0 Å².